The summed E-state index contributed by atoms with van der Waals surface area (Å²) in [5.74, 6) is -1.17. The molecule has 0 fully saturated rings. The standard InChI is InChI=1S/C18H15NO4S/c1-12-9-10-14(18(20)21)11-17(12)24(22,23)19-16-8-4-6-13-5-2-3-7-15(13)16/h2-11,19H,1H3,(H,20,21). The molecule has 0 aliphatic heterocycles. The zero-order chi connectivity index (χ0) is 17.3. The fourth-order valence-corrected chi connectivity index (χ4v) is 3.89. The lowest BCUT2D eigenvalue weighted by Gasteiger charge is -2.13. The Balaban J connectivity index is 2.09. The van der Waals surface area contributed by atoms with E-state index in [0.29, 0.717) is 11.3 Å². The second kappa shape index (κ2) is 5.98. The van der Waals surface area contributed by atoms with Gasteiger partial charge in [-0.25, -0.2) is 13.2 Å². The van der Waals surface area contributed by atoms with E-state index in [1.165, 1.54) is 18.2 Å². The second-order valence-electron chi connectivity index (χ2n) is 5.42. The van der Waals surface area contributed by atoms with E-state index >= 15 is 0 Å². The molecule has 122 valence electrons. The Morgan fingerprint density at radius 1 is 1.00 bits per heavy atom. The minimum Gasteiger partial charge on any atom is -0.478 e. The summed E-state index contributed by atoms with van der Waals surface area (Å²) in [5.41, 5.74) is 0.861. The fraction of sp³-hybridized carbons (Fsp3) is 0.0556. The Morgan fingerprint density at radius 3 is 2.46 bits per heavy atom. The van der Waals surface area contributed by atoms with Crippen LogP contribution < -0.4 is 4.72 Å². The number of anilines is 1. The summed E-state index contributed by atoms with van der Waals surface area (Å²) in [4.78, 5) is 11.1. The number of carbonyl (C=O) groups is 1. The summed E-state index contributed by atoms with van der Waals surface area (Å²) < 4.78 is 28.0. The van der Waals surface area contributed by atoms with Gasteiger partial charge in [0.05, 0.1) is 16.1 Å². The fourth-order valence-electron chi connectivity index (χ4n) is 2.54. The Bertz CT molecular complexity index is 1040. The van der Waals surface area contributed by atoms with Gasteiger partial charge in [0.15, 0.2) is 0 Å². The molecule has 0 unspecified atom stereocenters. The molecule has 0 saturated carbocycles. The third kappa shape index (κ3) is 2.96. The highest BCUT2D eigenvalue weighted by Gasteiger charge is 2.20. The monoisotopic (exact) mass is 341 g/mol. The van der Waals surface area contributed by atoms with E-state index in [9.17, 15) is 13.2 Å². The van der Waals surface area contributed by atoms with Crippen molar-refractivity contribution in [3.8, 4) is 0 Å². The Hall–Kier alpha value is -2.86. The highest BCUT2D eigenvalue weighted by molar-refractivity contribution is 7.92. The number of carboxylic acid groups (broad SMARTS) is 1. The first-order chi connectivity index (χ1) is 11.4. The van der Waals surface area contributed by atoms with Crippen molar-refractivity contribution in [1.29, 1.82) is 0 Å². The summed E-state index contributed by atoms with van der Waals surface area (Å²) in [7, 11) is -3.90. The van der Waals surface area contributed by atoms with Crippen LogP contribution in [0.4, 0.5) is 5.69 Å². The molecule has 0 aliphatic carbocycles. The number of sulfonamides is 1. The third-order valence-electron chi connectivity index (χ3n) is 3.76. The van der Waals surface area contributed by atoms with Gasteiger partial charge in [-0.05, 0) is 36.1 Å². The lowest BCUT2D eigenvalue weighted by Crippen LogP contribution is -2.15. The quantitative estimate of drug-likeness (QED) is 0.759. The zero-order valence-corrected chi connectivity index (χ0v) is 13.7. The van der Waals surface area contributed by atoms with Crippen LogP contribution >= 0.6 is 0 Å². The van der Waals surface area contributed by atoms with E-state index in [-0.39, 0.29) is 10.5 Å². The van der Waals surface area contributed by atoms with Crippen molar-refractivity contribution < 1.29 is 18.3 Å². The predicted octanol–water partition coefficient (Wildman–Crippen LogP) is 3.65. The lowest BCUT2D eigenvalue weighted by molar-refractivity contribution is 0.0696. The van der Waals surface area contributed by atoms with Crippen LogP contribution in [0, 0.1) is 6.92 Å². The van der Waals surface area contributed by atoms with Crippen LogP contribution in [0.1, 0.15) is 15.9 Å². The summed E-state index contributed by atoms with van der Waals surface area (Å²) in [6, 6.07) is 16.8. The largest absolute Gasteiger partial charge is 0.478 e. The molecule has 0 bridgehead atoms. The number of nitrogens with one attached hydrogen (secondary N) is 1. The van der Waals surface area contributed by atoms with Gasteiger partial charge in [-0.1, -0.05) is 42.5 Å². The SMILES string of the molecule is Cc1ccc(C(=O)O)cc1S(=O)(=O)Nc1cccc2ccccc12. The molecule has 0 spiro atoms. The molecule has 0 radical (unpaired) electrons. The molecule has 24 heavy (non-hydrogen) atoms. The minimum atomic E-state index is -3.90. The normalized spacial score (nSPS) is 11.4. The van der Waals surface area contributed by atoms with Crippen LogP contribution in [-0.4, -0.2) is 19.5 Å². The molecule has 0 atom stereocenters. The Labute approximate surface area is 139 Å². The van der Waals surface area contributed by atoms with E-state index in [4.69, 9.17) is 5.11 Å². The molecule has 0 aliphatic rings. The number of hydrogen-bond acceptors (Lipinski definition) is 3. The molecular formula is C18H15NO4S. The molecule has 3 aromatic carbocycles. The molecule has 0 heterocycles. The van der Waals surface area contributed by atoms with Gasteiger partial charge in [0, 0.05) is 5.39 Å². The van der Waals surface area contributed by atoms with Gasteiger partial charge in [-0.3, -0.25) is 4.72 Å². The molecule has 2 N–H and O–H groups in total. The maximum Gasteiger partial charge on any atom is 0.335 e. The summed E-state index contributed by atoms with van der Waals surface area (Å²) >= 11 is 0. The number of benzene rings is 3. The number of aromatic carboxylic acids is 1. The predicted molar refractivity (Wildman–Crippen MR) is 92.9 cm³/mol. The molecule has 3 aromatic rings. The first-order valence-electron chi connectivity index (χ1n) is 7.23. The minimum absolute atomic E-state index is 0.0460. The van der Waals surface area contributed by atoms with E-state index in [1.54, 1.807) is 19.1 Å². The number of carboxylic acids is 1. The van der Waals surface area contributed by atoms with Crippen LogP contribution in [0.2, 0.25) is 0 Å². The van der Waals surface area contributed by atoms with Crippen molar-refractivity contribution in [3.05, 3.63) is 71.8 Å². The van der Waals surface area contributed by atoms with Gasteiger partial charge < -0.3 is 5.11 Å². The van der Waals surface area contributed by atoms with Crippen molar-refractivity contribution in [2.75, 3.05) is 4.72 Å². The van der Waals surface area contributed by atoms with Gasteiger partial charge in [0.1, 0.15) is 0 Å². The van der Waals surface area contributed by atoms with Gasteiger partial charge in [0.25, 0.3) is 10.0 Å². The van der Waals surface area contributed by atoms with Crippen molar-refractivity contribution >= 4 is 32.5 Å². The van der Waals surface area contributed by atoms with E-state index in [2.05, 4.69) is 4.72 Å². The van der Waals surface area contributed by atoms with Crippen LogP contribution in [0.15, 0.2) is 65.6 Å². The van der Waals surface area contributed by atoms with Crippen molar-refractivity contribution in [2.45, 2.75) is 11.8 Å². The van der Waals surface area contributed by atoms with Crippen molar-refractivity contribution in [1.82, 2.24) is 0 Å². The van der Waals surface area contributed by atoms with E-state index in [0.717, 1.165) is 10.8 Å². The molecule has 3 rings (SSSR count). The maximum absolute atomic E-state index is 12.7. The highest BCUT2D eigenvalue weighted by atomic mass is 32.2. The average molecular weight is 341 g/mol. The van der Waals surface area contributed by atoms with Crippen LogP contribution in [-0.2, 0) is 10.0 Å². The van der Waals surface area contributed by atoms with Crippen LogP contribution in [0.25, 0.3) is 10.8 Å². The molecule has 6 heteroatoms. The van der Waals surface area contributed by atoms with Crippen LogP contribution in [0.3, 0.4) is 0 Å². The van der Waals surface area contributed by atoms with Crippen molar-refractivity contribution in [3.63, 3.8) is 0 Å². The Morgan fingerprint density at radius 2 is 1.71 bits per heavy atom. The summed E-state index contributed by atoms with van der Waals surface area (Å²) in [6.07, 6.45) is 0. The summed E-state index contributed by atoms with van der Waals surface area (Å²) in [5, 5.41) is 10.8. The molecule has 0 saturated heterocycles. The Kier molecular flexibility index (Phi) is 3.99. The van der Waals surface area contributed by atoms with E-state index < -0.39 is 16.0 Å². The smallest absolute Gasteiger partial charge is 0.335 e. The topological polar surface area (TPSA) is 83.5 Å². The van der Waals surface area contributed by atoms with Gasteiger partial charge in [0.2, 0.25) is 0 Å². The molecular weight excluding hydrogens is 326 g/mol. The van der Waals surface area contributed by atoms with E-state index in [1.807, 2.05) is 30.3 Å². The highest BCUT2D eigenvalue weighted by Crippen LogP contribution is 2.27. The summed E-state index contributed by atoms with van der Waals surface area (Å²) in [6.45, 7) is 1.63. The zero-order valence-electron chi connectivity index (χ0n) is 12.9. The molecule has 0 amide bonds. The number of aryl methyl sites for hydroxylation is 1. The first kappa shape index (κ1) is 16.0. The van der Waals surface area contributed by atoms with Crippen molar-refractivity contribution in [2.24, 2.45) is 0 Å². The number of fused-ring (bicyclic) bond motifs is 1. The second-order valence-corrected chi connectivity index (χ2v) is 7.07. The number of rotatable bonds is 4. The molecule has 5 nitrogen and oxygen atoms in total. The van der Waals surface area contributed by atoms with Gasteiger partial charge in [-0.15, -0.1) is 0 Å². The average Bonchev–Trinajstić information content (AvgIpc) is 2.55. The van der Waals surface area contributed by atoms with Crippen LogP contribution in [0.5, 0.6) is 0 Å². The third-order valence-corrected chi connectivity index (χ3v) is 5.27. The first-order valence-corrected chi connectivity index (χ1v) is 8.71. The maximum atomic E-state index is 12.7. The van der Waals surface area contributed by atoms with Gasteiger partial charge in [-0.2, -0.15) is 0 Å². The number of hydrogen-bond donors (Lipinski definition) is 2. The molecule has 0 aromatic heterocycles. The lowest BCUT2D eigenvalue weighted by atomic mass is 10.1. The van der Waals surface area contributed by atoms with Gasteiger partial charge >= 0.3 is 5.97 Å².